The summed E-state index contributed by atoms with van der Waals surface area (Å²) in [6, 6.07) is 19.1. The minimum Gasteiger partial charge on any atom is -0.436 e. The van der Waals surface area contributed by atoms with Gasteiger partial charge in [-0.1, -0.05) is 22.0 Å². The number of benzene rings is 3. The zero-order chi connectivity index (χ0) is 25.5. The molecule has 2 N–H and O–H groups in total. The summed E-state index contributed by atoms with van der Waals surface area (Å²) in [5.41, 5.74) is 3.99. The van der Waals surface area contributed by atoms with Crippen molar-refractivity contribution >= 4 is 32.9 Å². The summed E-state index contributed by atoms with van der Waals surface area (Å²) in [7, 11) is 0. The molecule has 37 heavy (non-hydrogen) atoms. The number of ether oxygens (including phenoxy) is 1. The summed E-state index contributed by atoms with van der Waals surface area (Å²) in [6.45, 7) is 0.271. The first-order valence-corrected chi connectivity index (χ1v) is 12.4. The van der Waals surface area contributed by atoms with Gasteiger partial charge < -0.3 is 24.0 Å². The molecule has 0 unspecified atom stereocenters. The number of carbonyl (C=O) groups is 1. The van der Waals surface area contributed by atoms with Crippen LogP contribution in [-0.4, -0.2) is 38.9 Å². The van der Waals surface area contributed by atoms with Crippen LogP contribution in [0.4, 0.5) is 4.39 Å². The third kappa shape index (κ3) is 4.61. The van der Waals surface area contributed by atoms with Crippen molar-refractivity contribution in [1.82, 2.24) is 19.9 Å². The van der Waals surface area contributed by atoms with Crippen LogP contribution in [0.25, 0.3) is 33.7 Å². The van der Waals surface area contributed by atoms with Gasteiger partial charge in [-0.3, -0.25) is 4.79 Å². The van der Waals surface area contributed by atoms with Crippen LogP contribution in [0.5, 0.6) is 0 Å². The average Bonchev–Trinajstić information content (AvgIpc) is 3.59. The van der Waals surface area contributed by atoms with Crippen molar-refractivity contribution < 1.29 is 18.3 Å². The lowest BCUT2D eigenvalue weighted by Crippen LogP contribution is -2.30. The highest BCUT2D eigenvalue weighted by molar-refractivity contribution is 9.10. The monoisotopic (exact) mass is 562 g/mol. The van der Waals surface area contributed by atoms with Crippen molar-refractivity contribution in [3.63, 3.8) is 0 Å². The molecule has 0 bridgehead atoms. The lowest BCUT2D eigenvalue weighted by atomic mass is 10.1. The molecule has 1 saturated heterocycles. The maximum Gasteiger partial charge on any atom is 0.323 e. The van der Waals surface area contributed by atoms with Crippen LogP contribution in [0.15, 0.2) is 80.4 Å². The Balaban J connectivity index is 1.34. The van der Waals surface area contributed by atoms with Crippen molar-refractivity contribution in [3.05, 3.63) is 98.8 Å². The number of H-pyrrole nitrogens is 2. The number of carbonyl (C=O) groups excluding carboxylic acids is 1. The molecule has 186 valence electrons. The van der Waals surface area contributed by atoms with Gasteiger partial charge in [0.2, 0.25) is 5.89 Å². The highest BCUT2D eigenvalue weighted by Gasteiger charge is 2.38. The number of imidazole rings is 1. The fraction of sp³-hybridized carbons (Fsp3) is 0.148. The van der Waals surface area contributed by atoms with Crippen LogP contribution in [0.1, 0.15) is 17.6 Å². The van der Waals surface area contributed by atoms with Crippen molar-refractivity contribution in [1.29, 1.82) is 0 Å². The second-order valence-corrected chi connectivity index (χ2v) is 9.62. The fourth-order valence-electron chi connectivity index (χ4n) is 4.43. The number of halogens is 2. The maximum atomic E-state index is 13.6. The summed E-state index contributed by atoms with van der Waals surface area (Å²) in [5.74, 6) is 0.205. The summed E-state index contributed by atoms with van der Waals surface area (Å²) in [5, 5.41) is 0. The van der Waals surface area contributed by atoms with E-state index in [1.807, 2.05) is 42.5 Å². The average molecular weight is 563 g/mol. The van der Waals surface area contributed by atoms with E-state index in [0.717, 1.165) is 21.1 Å². The number of oxazole rings is 1. The number of nitrogens with one attached hydrogen (secondary N) is 2. The van der Waals surface area contributed by atoms with Crippen molar-refractivity contribution in [2.45, 2.75) is 12.6 Å². The molecular formula is C27H20BrFN4O4. The molecule has 3 aromatic carbocycles. The Morgan fingerprint density at radius 1 is 0.973 bits per heavy atom. The first-order valence-electron chi connectivity index (χ1n) is 11.6. The molecule has 2 aromatic heterocycles. The quantitative estimate of drug-likeness (QED) is 0.296. The van der Waals surface area contributed by atoms with Crippen molar-refractivity contribution in [2.75, 3.05) is 13.2 Å². The van der Waals surface area contributed by atoms with E-state index in [1.54, 1.807) is 17.0 Å². The number of fused-ring (bicyclic) bond motifs is 1. The van der Waals surface area contributed by atoms with Gasteiger partial charge in [0.25, 0.3) is 5.91 Å². The Bertz CT molecular complexity index is 1660. The van der Waals surface area contributed by atoms with Gasteiger partial charge in [0.15, 0.2) is 12.0 Å². The predicted molar refractivity (Wildman–Crippen MR) is 138 cm³/mol. The SMILES string of the molecule is O=C1CO[C@@H](c2oc(-c3ccc(Br)cc3)nc2-c2ccc(F)cc2)N1CCc1ccc2[nH]c(=O)[nH]c2c1. The summed E-state index contributed by atoms with van der Waals surface area (Å²) < 4.78 is 26.7. The van der Waals surface area contributed by atoms with E-state index < -0.39 is 6.23 Å². The summed E-state index contributed by atoms with van der Waals surface area (Å²) >= 11 is 3.43. The first-order chi connectivity index (χ1) is 17.9. The summed E-state index contributed by atoms with van der Waals surface area (Å²) in [4.78, 5) is 36.2. The molecule has 3 heterocycles. The predicted octanol–water partition coefficient (Wildman–Crippen LogP) is 5.18. The Morgan fingerprint density at radius 2 is 1.70 bits per heavy atom. The number of aromatic amines is 2. The standard InChI is InChI=1S/C27H20BrFN4O4/c28-18-6-2-17(3-7-18)25-32-23(16-4-8-19(29)9-5-16)24(37-25)26-33(22(34)14-36-26)12-11-15-1-10-20-21(13-15)31-27(35)30-20/h1-10,13,26H,11-12,14H2,(H2,30,31,35)/t26-/m0/s1. The molecule has 6 rings (SSSR count). The number of nitrogens with zero attached hydrogens (tertiary/aromatic N) is 2. The van der Waals surface area contributed by atoms with Gasteiger partial charge in [0.05, 0.1) is 11.0 Å². The van der Waals surface area contributed by atoms with Gasteiger partial charge in [0.1, 0.15) is 18.1 Å². The molecule has 1 atom stereocenters. The minimum atomic E-state index is -0.792. The molecule has 5 aromatic rings. The number of amides is 1. The molecule has 1 aliphatic rings. The van der Waals surface area contributed by atoms with Crippen LogP contribution >= 0.6 is 15.9 Å². The fourth-order valence-corrected chi connectivity index (χ4v) is 4.69. The van der Waals surface area contributed by atoms with E-state index in [4.69, 9.17) is 14.1 Å². The van der Waals surface area contributed by atoms with Crippen LogP contribution < -0.4 is 5.69 Å². The van der Waals surface area contributed by atoms with Crippen molar-refractivity contribution in [2.24, 2.45) is 0 Å². The van der Waals surface area contributed by atoms with Gasteiger partial charge in [-0.05, 0) is 72.6 Å². The number of hydrogen-bond donors (Lipinski definition) is 2. The molecule has 0 aliphatic carbocycles. The number of rotatable bonds is 6. The lowest BCUT2D eigenvalue weighted by Gasteiger charge is -2.22. The Hall–Kier alpha value is -4.02. The van der Waals surface area contributed by atoms with E-state index in [1.165, 1.54) is 12.1 Å². The van der Waals surface area contributed by atoms with E-state index in [-0.39, 0.29) is 24.0 Å². The Morgan fingerprint density at radius 3 is 2.49 bits per heavy atom. The van der Waals surface area contributed by atoms with Crippen LogP contribution in [0, 0.1) is 5.82 Å². The largest absolute Gasteiger partial charge is 0.436 e. The third-order valence-electron chi connectivity index (χ3n) is 6.28. The molecule has 1 fully saturated rings. The molecule has 10 heteroatoms. The topological polar surface area (TPSA) is 104 Å². The van der Waals surface area contributed by atoms with E-state index in [9.17, 15) is 14.0 Å². The van der Waals surface area contributed by atoms with Crippen molar-refractivity contribution in [3.8, 4) is 22.7 Å². The molecule has 0 saturated carbocycles. The van der Waals surface area contributed by atoms with E-state index >= 15 is 0 Å². The highest BCUT2D eigenvalue weighted by Crippen LogP contribution is 2.38. The second-order valence-electron chi connectivity index (χ2n) is 8.71. The van der Waals surface area contributed by atoms with Crippen LogP contribution in [-0.2, 0) is 16.0 Å². The Kier molecular flexibility index (Phi) is 5.97. The normalized spacial score (nSPS) is 15.7. The highest BCUT2D eigenvalue weighted by atomic mass is 79.9. The van der Waals surface area contributed by atoms with Gasteiger partial charge in [0, 0.05) is 22.1 Å². The minimum absolute atomic E-state index is 0.0913. The van der Waals surface area contributed by atoms with Gasteiger partial charge in [-0.15, -0.1) is 0 Å². The molecule has 1 amide bonds. The van der Waals surface area contributed by atoms with E-state index in [2.05, 4.69) is 25.9 Å². The second kappa shape index (κ2) is 9.45. The molecular weight excluding hydrogens is 543 g/mol. The number of aromatic nitrogens is 3. The molecule has 0 spiro atoms. The van der Waals surface area contributed by atoms with Gasteiger partial charge >= 0.3 is 5.69 Å². The first kappa shape index (κ1) is 23.4. The smallest absolute Gasteiger partial charge is 0.323 e. The maximum absolute atomic E-state index is 13.6. The summed E-state index contributed by atoms with van der Waals surface area (Å²) in [6.07, 6.45) is -0.256. The van der Waals surface area contributed by atoms with Crippen LogP contribution in [0.2, 0.25) is 0 Å². The lowest BCUT2D eigenvalue weighted by molar-refractivity contribution is -0.128. The Labute approximate surface area is 218 Å². The zero-order valence-electron chi connectivity index (χ0n) is 19.3. The molecule has 8 nitrogen and oxygen atoms in total. The molecule has 0 radical (unpaired) electrons. The third-order valence-corrected chi connectivity index (χ3v) is 6.81. The van der Waals surface area contributed by atoms with Gasteiger partial charge in [-0.2, -0.15) is 0 Å². The van der Waals surface area contributed by atoms with Crippen LogP contribution in [0.3, 0.4) is 0 Å². The zero-order valence-corrected chi connectivity index (χ0v) is 20.9. The molecule has 1 aliphatic heterocycles. The number of hydrogen-bond acceptors (Lipinski definition) is 5. The van der Waals surface area contributed by atoms with Gasteiger partial charge in [-0.25, -0.2) is 14.2 Å². The van der Waals surface area contributed by atoms with E-state index in [0.29, 0.717) is 41.4 Å².